The van der Waals surface area contributed by atoms with Gasteiger partial charge >= 0.3 is 23.4 Å². The highest BCUT2D eigenvalue weighted by atomic mass is 16.6. The number of piperidine rings is 4. The third-order valence-corrected chi connectivity index (χ3v) is 11.9. The van der Waals surface area contributed by atoms with E-state index in [-0.39, 0.29) is 44.2 Å². The van der Waals surface area contributed by atoms with Crippen molar-refractivity contribution in [2.45, 2.75) is 76.3 Å². The first-order valence-electron chi connectivity index (χ1n) is 19.1. The summed E-state index contributed by atoms with van der Waals surface area (Å²) in [6.45, 7) is 6.62. The van der Waals surface area contributed by atoms with Crippen molar-refractivity contribution in [1.29, 1.82) is 0 Å². The summed E-state index contributed by atoms with van der Waals surface area (Å²) in [5.74, 6) is 0.131. The molecule has 4 saturated heterocycles. The maximum Gasteiger partial charge on any atom is 0.415 e. The minimum absolute atomic E-state index is 0.00485. The first kappa shape index (κ1) is 33.2. The Hall–Kier alpha value is -4.68. The summed E-state index contributed by atoms with van der Waals surface area (Å²) < 4.78 is 24.0. The normalized spacial score (nSPS) is 20.4. The van der Waals surface area contributed by atoms with Gasteiger partial charge in [-0.2, -0.15) is 0 Å². The molecular formula is C40H44N4O8. The van der Waals surface area contributed by atoms with Gasteiger partial charge in [-0.3, -0.25) is 0 Å². The molecule has 4 fully saturated rings. The molecule has 0 atom stereocenters. The van der Waals surface area contributed by atoms with Crippen molar-refractivity contribution in [3.63, 3.8) is 0 Å². The molecule has 2 aromatic heterocycles. The lowest BCUT2D eigenvalue weighted by molar-refractivity contribution is 0.0876. The van der Waals surface area contributed by atoms with Gasteiger partial charge in [-0.25, -0.2) is 19.2 Å². The van der Waals surface area contributed by atoms with E-state index < -0.39 is 23.4 Å². The second kappa shape index (κ2) is 13.7. The van der Waals surface area contributed by atoms with Crippen LogP contribution in [0, 0.1) is 0 Å². The molecule has 5 aromatic rings. The van der Waals surface area contributed by atoms with Crippen LogP contribution in [0.5, 0.6) is 11.5 Å². The fourth-order valence-corrected chi connectivity index (χ4v) is 9.22. The number of carbonyl (C=O) groups excluding carboxylic acids is 2. The minimum atomic E-state index is -0.730. The van der Waals surface area contributed by atoms with Gasteiger partial charge in [0.2, 0.25) is 0 Å². The molecule has 0 saturated carbocycles. The average Bonchev–Trinajstić information content (AvgIpc) is 3.19. The van der Waals surface area contributed by atoms with Gasteiger partial charge in [0, 0.05) is 54.4 Å². The number of rotatable bonds is 4. The number of hydrogen-bond acceptors (Lipinski definition) is 10. The molecule has 4 aliphatic heterocycles. The Bertz CT molecular complexity index is 2250. The molecule has 6 heterocycles. The van der Waals surface area contributed by atoms with Crippen LogP contribution >= 0.6 is 0 Å². The Morgan fingerprint density at radius 2 is 1.12 bits per heavy atom. The lowest BCUT2D eigenvalue weighted by Crippen LogP contribution is -2.48. The Morgan fingerprint density at radius 3 is 1.73 bits per heavy atom. The fourth-order valence-electron chi connectivity index (χ4n) is 9.22. The lowest BCUT2D eigenvalue weighted by Gasteiger charge is -2.39. The monoisotopic (exact) mass is 708 g/mol. The van der Waals surface area contributed by atoms with Gasteiger partial charge < -0.3 is 37.9 Å². The van der Waals surface area contributed by atoms with Crippen molar-refractivity contribution >= 4 is 55.7 Å². The van der Waals surface area contributed by atoms with Crippen LogP contribution in [-0.2, 0) is 0 Å². The van der Waals surface area contributed by atoms with Gasteiger partial charge in [0.05, 0.1) is 10.8 Å². The van der Waals surface area contributed by atoms with E-state index in [9.17, 15) is 19.2 Å². The van der Waals surface area contributed by atoms with Crippen molar-refractivity contribution in [2.24, 2.45) is 0 Å². The van der Waals surface area contributed by atoms with Crippen LogP contribution in [-0.4, -0.2) is 96.2 Å². The van der Waals surface area contributed by atoms with Crippen LogP contribution in [0.25, 0.3) is 43.5 Å². The number of ether oxygens (including phenoxy) is 2. The van der Waals surface area contributed by atoms with Crippen molar-refractivity contribution < 1.29 is 27.9 Å². The molecule has 0 bridgehead atoms. The van der Waals surface area contributed by atoms with Crippen LogP contribution in [0.15, 0.2) is 54.8 Å². The number of likely N-dealkylation sites (tertiary alicyclic amines) is 4. The number of amides is 2. The molecule has 0 aliphatic carbocycles. The smallest absolute Gasteiger partial charge is 0.415 e. The topological polar surface area (TPSA) is 126 Å². The van der Waals surface area contributed by atoms with Gasteiger partial charge in [-0.1, -0.05) is 31.0 Å². The van der Waals surface area contributed by atoms with Crippen LogP contribution in [0.4, 0.5) is 9.59 Å². The summed E-state index contributed by atoms with van der Waals surface area (Å²) in [6.07, 6.45) is 9.76. The summed E-state index contributed by atoms with van der Waals surface area (Å²) in [4.78, 5) is 63.4. The molecule has 4 aliphatic rings. The zero-order valence-corrected chi connectivity index (χ0v) is 29.4. The van der Waals surface area contributed by atoms with Gasteiger partial charge in [-0.15, -0.1) is 0 Å². The van der Waals surface area contributed by atoms with Crippen LogP contribution < -0.4 is 20.7 Å². The molecule has 3 aromatic carbocycles. The third kappa shape index (κ3) is 5.85. The summed E-state index contributed by atoms with van der Waals surface area (Å²) in [6, 6.07) is 10.7. The maximum atomic E-state index is 13.9. The molecule has 12 nitrogen and oxygen atoms in total. The minimum Gasteiger partial charge on any atom is -0.422 e. The van der Waals surface area contributed by atoms with E-state index >= 15 is 0 Å². The van der Waals surface area contributed by atoms with Crippen LogP contribution in [0.1, 0.15) is 64.2 Å². The number of hydrogen-bond donors (Lipinski definition) is 0. The molecule has 12 heteroatoms. The van der Waals surface area contributed by atoms with E-state index in [2.05, 4.69) is 9.80 Å². The van der Waals surface area contributed by atoms with Crippen molar-refractivity contribution in [3.8, 4) is 11.5 Å². The SMILES string of the molecule is O=C(Oc1c2cccc(OC(=O)N3CCC(N4CCCCC4)CC3)c2c2oc(=O)c3cccc4oc(=O)c1c2c43)N1CCC(N2CCCCC2)CC1. The van der Waals surface area contributed by atoms with Crippen LogP contribution in [0.2, 0.25) is 0 Å². The maximum absolute atomic E-state index is 13.9. The number of carbonyl (C=O) groups is 2. The van der Waals surface area contributed by atoms with Gasteiger partial charge in [-0.05, 0) is 95.7 Å². The largest absolute Gasteiger partial charge is 0.422 e. The van der Waals surface area contributed by atoms with Crippen molar-refractivity contribution in [3.05, 3.63) is 57.2 Å². The van der Waals surface area contributed by atoms with E-state index in [0.717, 1.165) is 51.9 Å². The first-order valence-corrected chi connectivity index (χ1v) is 19.1. The highest BCUT2D eigenvalue weighted by molar-refractivity contribution is 6.29. The molecule has 0 unspecified atom stereocenters. The van der Waals surface area contributed by atoms with E-state index in [1.54, 1.807) is 46.2 Å². The second-order valence-corrected chi connectivity index (χ2v) is 14.9. The Balaban J connectivity index is 1.08. The predicted octanol–water partition coefficient (Wildman–Crippen LogP) is 6.54. The number of nitrogens with zero attached hydrogens (tertiary/aromatic N) is 4. The Morgan fingerprint density at radius 1 is 0.558 bits per heavy atom. The Labute approximate surface area is 300 Å². The first-order chi connectivity index (χ1) is 25.4. The number of benzene rings is 3. The van der Waals surface area contributed by atoms with E-state index in [0.29, 0.717) is 49.0 Å². The van der Waals surface area contributed by atoms with Crippen molar-refractivity contribution in [1.82, 2.24) is 19.6 Å². The van der Waals surface area contributed by atoms with Crippen molar-refractivity contribution in [2.75, 3.05) is 52.4 Å². The third-order valence-electron chi connectivity index (χ3n) is 11.9. The lowest BCUT2D eigenvalue weighted by atomic mass is 9.97. The van der Waals surface area contributed by atoms with E-state index in [1.165, 1.54) is 38.5 Å². The molecule has 272 valence electrons. The van der Waals surface area contributed by atoms with E-state index in [4.69, 9.17) is 18.3 Å². The number of fused-ring (bicyclic) bond motifs is 2. The average molecular weight is 709 g/mol. The highest BCUT2D eigenvalue weighted by Gasteiger charge is 2.33. The standard InChI is InChI=1S/C40H44N4O8/c45-37-28-10-8-11-29-31(28)33-34(38(46)49-29)35(52-40(48)44-23-15-26(16-24-44)42-19-5-2-6-20-42)27-9-7-12-30(32(27)36(33)51-37)50-39(47)43-21-13-25(14-22-43)41-17-3-1-4-18-41/h7-12,25-26H,1-6,13-24H2. The summed E-state index contributed by atoms with van der Waals surface area (Å²) >= 11 is 0. The summed E-state index contributed by atoms with van der Waals surface area (Å²) in [5, 5.41) is 1.45. The quantitative estimate of drug-likeness (QED) is 0.115. The molecule has 0 N–H and O–H groups in total. The Kier molecular flexibility index (Phi) is 8.74. The van der Waals surface area contributed by atoms with Crippen LogP contribution in [0.3, 0.4) is 0 Å². The van der Waals surface area contributed by atoms with Gasteiger partial charge in [0.1, 0.15) is 16.7 Å². The predicted molar refractivity (Wildman–Crippen MR) is 197 cm³/mol. The molecular weight excluding hydrogens is 664 g/mol. The summed E-state index contributed by atoms with van der Waals surface area (Å²) in [5.41, 5.74) is -1.08. The molecule has 2 amide bonds. The van der Waals surface area contributed by atoms with Gasteiger partial charge in [0.25, 0.3) is 0 Å². The molecule has 0 spiro atoms. The summed E-state index contributed by atoms with van der Waals surface area (Å²) in [7, 11) is 0. The van der Waals surface area contributed by atoms with E-state index in [1.807, 2.05) is 0 Å². The molecule has 52 heavy (non-hydrogen) atoms. The molecule has 9 rings (SSSR count). The second-order valence-electron chi connectivity index (χ2n) is 14.9. The zero-order valence-electron chi connectivity index (χ0n) is 29.4. The van der Waals surface area contributed by atoms with Gasteiger partial charge in [0.15, 0.2) is 11.3 Å². The zero-order chi connectivity index (χ0) is 35.3. The molecule has 0 radical (unpaired) electrons. The fraction of sp³-hybridized carbons (Fsp3) is 0.500. The highest BCUT2D eigenvalue weighted by Crippen LogP contribution is 2.45.